The first kappa shape index (κ1) is 64.6. The third-order valence-corrected chi connectivity index (χ3v) is 12.1. The van der Waals surface area contributed by atoms with Gasteiger partial charge in [0.25, 0.3) is 0 Å². The molecule has 68 heavy (non-hydrogen) atoms. The predicted molar refractivity (Wildman–Crippen MR) is 293 cm³/mol. The monoisotopic (exact) mass is 947 g/mol. The highest BCUT2D eigenvalue weighted by Crippen LogP contribution is 2.14. The lowest BCUT2D eigenvalue weighted by Crippen LogP contribution is -2.30. The lowest BCUT2D eigenvalue weighted by atomic mass is 10.1. The molecule has 0 saturated carbocycles. The third kappa shape index (κ3) is 53.5. The van der Waals surface area contributed by atoms with Gasteiger partial charge in [-0.3, -0.25) is 14.4 Å². The van der Waals surface area contributed by atoms with Gasteiger partial charge in [0, 0.05) is 19.3 Å². The zero-order valence-electron chi connectivity index (χ0n) is 44.6. The molecule has 1 unspecified atom stereocenters. The van der Waals surface area contributed by atoms with Gasteiger partial charge >= 0.3 is 17.9 Å². The van der Waals surface area contributed by atoms with Crippen molar-refractivity contribution in [2.75, 3.05) is 13.2 Å². The van der Waals surface area contributed by atoms with Crippen LogP contribution < -0.4 is 0 Å². The maximum absolute atomic E-state index is 12.8. The van der Waals surface area contributed by atoms with Gasteiger partial charge in [-0.2, -0.15) is 0 Å². The quantitative estimate of drug-likeness (QED) is 0.0262. The van der Waals surface area contributed by atoms with E-state index in [-0.39, 0.29) is 37.5 Å². The van der Waals surface area contributed by atoms with Crippen molar-refractivity contribution in [1.82, 2.24) is 0 Å². The molecular weight excluding hydrogens is 841 g/mol. The van der Waals surface area contributed by atoms with Crippen molar-refractivity contribution in [3.05, 3.63) is 85.1 Å². The Bertz CT molecular complexity index is 1320. The number of allylic oxidation sites excluding steroid dienone is 14. The number of rotatable bonds is 51. The molecular formula is C62H106O6. The first-order chi connectivity index (χ1) is 33.5. The van der Waals surface area contributed by atoms with Crippen LogP contribution in [0.3, 0.4) is 0 Å². The van der Waals surface area contributed by atoms with Crippen LogP contribution in [0.1, 0.15) is 271 Å². The van der Waals surface area contributed by atoms with Gasteiger partial charge in [0.2, 0.25) is 0 Å². The van der Waals surface area contributed by atoms with Crippen molar-refractivity contribution >= 4 is 17.9 Å². The van der Waals surface area contributed by atoms with Crippen LogP contribution >= 0.6 is 0 Å². The highest BCUT2D eigenvalue weighted by Gasteiger charge is 2.19. The van der Waals surface area contributed by atoms with E-state index < -0.39 is 6.10 Å². The van der Waals surface area contributed by atoms with E-state index in [0.717, 1.165) is 103 Å². The Morgan fingerprint density at radius 1 is 0.309 bits per heavy atom. The summed E-state index contributed by atoms with van der Waals surface area (Å²) < 4.78 is 16.8. The van der Waals surface area contributed by atoms with Crippen LogP contribution in [0.25, 0.3) is 0 Å². The van der Waals surface area contributed by atoms with Gasteiger partial charge < -0.3 is 14.2 Å². The minimum atomic E-state index is -0.810. The fraction of sp³-hybridized carbons (Fsp3) is 0.726. The van der Waals surface area contributed by atoms with E-state index in [2.05, 4.69) is 99.8 Å². The number of carbonyl (C=O) groups is 3. The largest absolute Gasteiger partial charge is 0.462 e. The average molecular weight is 948 g/mol. The van der Waals surface area contributed by atoms with Gasteiger partial charge in [-0.25, -0.2) is 0 Å². The first-order valence-corrected chi connectivity index (χ1v) is 28.6. The summed E-state index contributed by atoms with van der Waals surface area (Å²) in [5, 5.41) is 0. The van der Waals surface area contributed by atoms with Crippen LogP contribution in [0, 0.1) is 0 Å². The highest BCUT2D eigenvalue weighted by atomic mass is 16.6. The van der Waals surface area contributed by atoms with E-state index in [1.807, 2.05) is 6.08 Å². The molecule has 0 radical (unpaired) electrons. The molecule has 0 rings (SSSR count). The normalized spacial score (nSPS) is 12.7. The van der Waals surface area contributed by atoms with E-state index in [4.69, 9.17) is 14.2 Å². The van der Waals surface area contributed by atoms with E-state index in [9.17, 15) is 14.4 Å². The standard InChI is InChI=1S/C62H106O6/c1-4-7-10-13-16-19-22-25-27-29-31-33-34-37-40-43-46-49-52-55-61(64)67-58-59(57-66-60(63)54-51-48-45-42-39-36-24-21-18-15-12-9-6-3)68-62(65)56-53-50-47-44-41-38-35-32-30-28-26-23-20-17-14-11-8-5-2/h7,10,16,19,25,27,31-33,35-36,39,45,48,59H,4-6,8-9,11-15,17-18,20-24,26,28-30,34,37-38,40-44,46-47,49-58H2,1-3H3/b10-7-,19-16-,27-25-,33-31-,35-32-,39-36-,48-45-. The number of carbonyl (C=O) groups excluding carboxylic acids is 3. The topological polar surface area (TPSA) is 78.9 Å². The Kier molecular flexibility index (Phi) is 53.4. The number of hydrogen-bond donors (Lipinski definition) is 0. The fourth-order valence-corrected chi connectivity index (χ4v) is 7.83. The van der Waals surface area contributed by atoms with Gasteiger partial charge in [-0.05, 0) is 103 Å². The molecule has 1 atom stereocenters. The average Bonchev–Trinajstić information content (AvgIpc) is 3.34. The van der Waals surface area contributed by atoms with Gasteiger partial charge in [0.15, 0.2) is 6.10 Å². The summed E-state index contributed by atoms with van der Waals surface area (Å²) in [6.45, 7) is 6.46. The second-order valence-electron chi connectivity index (χ2n) is 18.8. The summed E-state index contributed by atoms with van der Waals surface area (Å²) in [6, 6.07) is 0. The highest BCUT2D eigenvalue weighted by molar-refractivity contribution is 5.71. The third-order valence-electron chi connectivity index (χ3n) is 12.1. The first-order valence-electron chi connectivity index (χ1n) is 28.6. The molecule has 0 N–H and O–H groups in total. The molecule has 0 aromatic carbocycles. The Morgan fingerprint density at radius 2 is 0.603 bits per heavy atom. The van der Waals surface area contributed by atoms with E-state index >= 15 is 0 Å². The molecule has 6 nitrogen and oxygen atoms in total. The van der Waals surface area contributed by atoms with Crippen molar-refractivity contribution in [2.45, 2.75) is 277 Å². The van der Waals surface area contributed by atoms with Crippen LogP contribution in [-0.2, 0) is 28.6 Å². The Labute approximate surface area is 420 Å². The molecule has 0 amide bonds. The van der Waals surface area contributed by atoms with E-state index in [1.165, 1.54) is 122 Å². The van der Waals surface area contributed by atoms with Crippen molar-refractivity contribution in [3.63, 3.8) is 0 Å². The number of hydrogen-bond acceptors (Lipinski definition) is 6. The molecule has 390 valence electrons. The molecule has 0 aliphatic rings. The van der Waals surface area contributed by atoms with Crippen molar-refractivity contribution in [2.24, 2.45) is 0 Å². The molecule has 0 aliphatic heterocycles. The maximum atomic E-state index is 12.8. The van der Waals surface area contributed by atoms with Gasteiger partial charge in [-0.1, -0.05) is 234 Å². The molecule has 0 aromatic heterocycles. The van der Waals surface area contributed by atoms with Crippen molar-refractivity contribution < 1.29 is 28.6 Å². The SMILES string of the molecule is CC/C=C\C/C=C\C/C=C\C/C=C\CCCCCCCCC(=O)OCC(COC(=O)CC/C=C\C/C=C\CCCCCCCC)OC(=O)CCCCCCC/C=C\CCCCCCCCCCC. The number of unbranched alkanes of at least 4 members (excludes halogenated alkanes) is 26. The zero-order valence-corrected chi connectivity index (χ0v) is 44.6. The summed E-state index contributed by atoms with van der Waals surface area (Å²) in [5.74, 6) is -0.991. The smallest absolute Gasteiger partial charge is 0.306 e. The van der Waals surface area contributed by atoms with Crippen LogP contribution in [0.15, 0.2) is 85.1 Å². The second kappa shape index (κ2) is 56.2. The lowest BCUT2D eigenvalue weighted by molar-refractivity contribution is -0.166. The van der Waals surface area contributed by atoms with Gasteiger partial charge in [0.1, 0.15) is 13.2 Å². The minimum absolute atomic E-state index is 0.104. The van der Waals surface area contributed by atoms with Crippen LogP contribution in [0.2, 0.25) is 0 Å². The maximum Gasteiger partial charge on any atom is 0.306 e. The Balaban J connectivity index is 4.45. The van der Waals surface area contributed by atoms with Crippen LogP contribution in [0.5, 0.6) is 0 Å². The summed E-state index contributed by atoms with van der Waals surface area (Å²) in [7, 11) is 0. The fourth-order valence-electron chi connectivity index (χ4n) is 7.83. The molecule has 0 spiro atoms. The molecule has 0 aromatic rings. The zero-order chi connectivity index (χ0) is 49.3. The summed E-state index contributed by atoms with van der Waals surface area (Å²) in [5.41, 5.74) is 0. The summed E-state index contributed by atoms with van der Waals surface area (Å²) in [4.78, 5) is 38.1. The summed E-state index contributed by atoms with van der Waals surface area (Å²) in [6.07, 6.45) is 73.0. The predicted octanol–water partition coefficient (Wildman–Crippen LogP) is 19.2. The lowest BCUT2D eigenvalue weighted by Gasteiger charge is -2.18. The molecule has 0 aliphatic carbocycles. The van der Waals surface area contributed by atoms with Crippen molar-refractivity contribution in [1.29, 1.82) is 0 Å². The molecule has 0 saturated heterocycles. The van der Waals surface area contributed by atoms with E-state index in [0.29, 0.717) is 19.3 Å². The van der Waals surface area contributed by atoms with Crippen LogP contribution in [-0.4, -0.2) is 37.2 Å². The van der Waals surface area contributed by atoms with E-state index in [1.54, 1.807) is 0 Å². The second-order valence-corrected chi connectivity index (χ2v) is 18.8. The molecule has 0 heterocycles. The summed E-state index contributed by atoms with van der Waals surface area (Å²) >= 11 is 0. The number of esters is 3. The Morgan fingerprint density at radius 3 is 1.00 bits per heavy atom. The minimum Gasteiger partial charge on any atom is -0.462 e. The van der Waals surface area contributed by atoms with Gasteiger partial charge in [-0.15, -0.1) is 0 Å². The Hall–Kier alpha value is -3.41. The van der Waals surface area contributed by atoms with Gasteiger partial charge in [0.05, 0.1) is 0 Å². The van der Waals surface area contributed by atoms with Crippen LogP contribution in [0.4, 0.5) is 0 Å². The molecule has 0 fully saturated rings. The number of ether oxygens (including phenoxy) is 3. The molecule has 0 bridgehead atoms. The molecule has 6 heteroatoms. The van der Waals surface area contributed by atoms with Crippen molar-refractivity contribution in [3.8, 4) is 0 Å².